The van der Waals surface area contributed by atoms with Crippen LogP contribution in [0.3, 0.4) is 0 Å². The van der Waals surface area contributed by atoms with E-state index in [1.807, 2.05) is 20.8 Å². The molecule has 0 unspecified atom stereocenters. The summed E-state index contributed by atoms with van der Waals surface area (Å²) in [4.78, 5) is 11.8. The van der Waals surface area contributed by atoms with Crippen LogP contribution < -0.4 is 5.32 Å². The van der Waals surface area contributed by atoms with Gasteiger partial charge in [-0.15, -0.1) is 0 Å². The molecule has 3 heteroatoms. The van der Waals surface area contributed by atoms with Gasteiger partial charge in [0.25, 0.3) is 0 Å². The van der Waals surface area contributed by atoms with Gasteiger partial charge in [-0.3, -0.25) is 4.79 Å². The Balaban J connectivity index is 1.52. The first-order chi connectivity index (χ1) is 8.90. The van der Waals surface area contributed by atoms with Crippen molar-refractivity contribution in [2.75, 3.05) is 6.54 Å². The van der Waals surface area contributed by atoms with Crippen molar-refractivity contribution in [3.8, 4) is 0 Å². The number of rotatable bonds is 3. The summed E-state index contributed by atoms with van der Waals surface area (Å²) in [5.74, 6) is 3.50. The van der Waals surface area contributed by atoms with Crippen molar-refractivity contribution in [1.82, 2.24) is 5.32 Å². The van der Waals surface area contributed by atoms with Crippen LogP contribution in [-0.2, 0) is 9.53 Å². The van der Waals surface area contributed by atoms with Crippen LogP contribution in [0.1, 0.15) is 52.9 Å². The average Bonchev–Trinajstić information content (AvgIpc) is 2.24. The minimum Gasteiger partial charge on any atom is -0.459 e. The van der Waals surface area contributed by atoms with Gasteiger partial charge in [0.2, 0.25) is 0 Å². The Morgan fingerprint density at radius 2 is 1.58 bits per heavy atom. The summed E-state index contributed by atoms with van der Waals surface area (Å²) in [5.41, 5.74) is -0.372. The molecular weight excluding hydrogens is 238 g/mol. The van der Waals surface area contributed by atoms with Gasteiger partial charge in [0, 0.05) is 6.04 Å². The first-order valence-electron chi connectivity index (χ1n) is 7.86. The maximum Gasteiger partial charge on any atom is 0.320 e. The Bertz CT molecular complexity index is 330. The van der Waals surface area contributed by atoms with Gasteiger partial charge < -0.3 is 10.1 Å². The van der Waals surface area contributed by atoms with E-state index in [2.05, 4.69) is 5.32 Å². The molecule has 4 bridgehead atoms. The second-order valence-corrected chi connectivity index (χ2v) is 7.92. The van der Waals surface area contributed by atoms with Crippen LogP contribution in [-0.4, -0.2) is 24.2 Å². The van der Waals surface area contributed by atoms with E-state index in [4.69, 9.17) is 4.74 Å². The van der Waals surface area contributed by atoms with Crippen LogP contribution in [0.2, 0.25) is 0 Å². The molecule has 0 aromatic carbocycles. The molecule has 19 heavy (non-hydrogen) atoms. The molecule has 1 N–H and O–H groups in total. The van der Waals surface area contributed by atoms with Gasteiger partial charge in [0.05, 0.1) is 6.54 Å². The first kappa shape index (κ1) is 13.4. The summed E-state index contributed by atoms with van der Waals surface area (Å²) in [5, 5.41) is 3.51. The second kappa shape index (κ2) is 4.76. The van der Waals surface area contributed by atoms with Gasteiger partial charge >= 0.3 is 5.97 Å². The van der Waals surface area contributed by atoms with Crippen molar-refractivity contribution in [3.63, 3.8) is 0 Å². The minimum atomic E-state index is -0.372. The summed E-state index contributed by atoms with van der Waals surface area (Å²) in [6.45, 7) is 6.15. The highest BCUT2D eigenvalue weighted by Gasteiger charge is 2.48. The summed E-state index contributed by atoms with van der Waals surface area (Å²) in [6.07, 6.45) is 7.03. The fraction of sp³-hybridized carbons (Fsp3) is 0.938. The van der Waals surface area contributed by atoms with Crippen LogP contribution in [0.25, 0.3) is 0 Å². The average molecular weight is 265 g/mol. The van der Waals surface area contributed by atoms with Crippen LogP contribution in [0.5, 0.6) is 0 Å². The number of carbonyl (C=O) groups excluding carboxylic acids is 1. The summed E-state index contributed by atoms with van der Waals surface area (Å²) < 4.78 is 5.38. The normalized spacial score (nSPS) is 40.5. The molecule has 0 heterocycles. The maximum atomic E-state index is 11.8. The maximum absolute atomic E-state index is 11.8. The van der Waals surface area contributed by atoms with Gasteiger partial charge in [-0.05, 0) is 76.5 Å². The third-order valence-corrected chi connectivity index (χ3v) is 5.13. The molecule has 0 spiro atoms. The Hall–Kier alpha value is -0.570. The highest BCUT2D eigenvalue weighted by atomic mass is 16.6. The SMILES string of the molecule is CC(C)(C)OC(=O)CNC1C2CC3CC(C2)CC1C3. The highest BCUT2D eigenvalue weighted by Crippen LogP contribution is 2.53. The molecular formula is C16H27NO2. The summed E-state index contributed by atoms with van der Waals surface area (Å²) in [7, 11) is 0. The molecule has 108 valence electrons. The third-order valence-electron chi connectivity index (χ3n) is 5.13. The lowest BCUT2D eigenvalue weighted by atomic mass is 9.54. The van der Waals surface area contributed by atoms with Crippen LogP contribution in [0.4, 0.5) is 0 Å². The zero-order valence-corrected chi connectivity index (χ0v) is 12.4. The van der Waals surface area contributed by atoms with Gasteiger partial charge in [-0.2, -0.15) is 0 Å². The predicted octanol–water partition coefficient (Wildman–Crippen LogP) is 2.74. The first-order valence-corrected chi connectivity index (χ1v) is 7.86. The predicted molar refractivity (Wildman–Crippen MR) is 74.7 cm³/mol. The minimum absolute atomic E-state index is 0.110. The number of esters is 1. The third kappa shape index (κ3) is 2.96. The van der Waals surface area contributed by atoms with E-state index in [0.717, 1.165) is 23.7 Å². The highest BCUT2D eigenvalue weighted by molar-refractivity contribution is 5.72. The molecule has 3 nitrogen and oxygen atoms in total. The molecule has 0 radical (unpaired) electrons. The fourth-order valence-electron chi connectivity index (χ4n) is 4.84. The molecule has 4 fully saturated rings. The fourth-order valence-corrected chi connectivity index (χ4v) is 4.84. The lowest BCUT2D eigenvalue weighted by Gasteiger charge is -2.54. The lowest BCUT2D eigenvalue weighted by molar-refractivity contribution is -0.154. The quantitative estimate of drug-likeness (QED) is 0.797. The van der Waals surface area contributed by atoms with Crippen molar-refractivity contribution >= 4 is 5.97 Å². The lowest BCUT2D eigenvalue weighted by Crippen LogP contribution is -2.55. The Morgan fingerprint density at radius 1 is 1.05 bits per heavy atom. The molecule has 4 aliphatic carbocycles. The summed E-state index contributed by atoms with van der Waals surface area (Å²) in [6, 6.07) is 0.570. The molecule has 4 saturated carbocycles. The molecule has 0 saturated heterocycles. The standard InChI is InChI=1S/C16H27NO2/c1-16(2,3)19-14(18)9-17-15-12-5-10-4-11(7-12)8-13(15)6-10/h10-13,15,17H,4-9H2,1-3H3. The molecule has 0 aliphatic heterocycles. The van der Waals surface area contributed by atoms with E-state index in [1.165, 1.54) is 32.1 Å². The van der Waals surface area contributed by atoms with Crippen molar-refractivity contribution in [2.45, 2.75) is 64.5 Å². The van der Waals surface area contributed by atoms with E-state index in [9.17, 15) is 4.79 Å². The Kier molecular flexibility index (Phi) is 3.36. The van der Waals surface area contributed by atoms with Gasteiger partial charge in [-0.1, -0.05) is 0 Å². The van der Waals surface area contributed by atoms with Crippen molar-refractivity contribution in [1.29, 1.82) is 0 Å². The molecule has 4 aliphatic rings. The zero-order chi connectivity index (χ0) is 13.6. The van der Waals surface area contributed by atoms with E-state index >= 15 is 0 Å². The van der Waals surface area contributed by atoms with E-state index in [-0.39, 0.29) is 11.6 Å². The van der Waals surface area contributed by atoms with E-state index in [0.29, 0.717) is 12.6 Å². The molecule has 0 aromatic rings. The molecule has 0 aromatic heterocycles. The molecule has 0 atom stereocenters. The van der Waals surface area contributed by atoms with Crippen molar-refractivity contribution in [2.24, 2.45) is 23.7 Å². The van der Waals surface area contributed by atoms with Crippen molar-refractivity contribution in [3.05, 3.63) is 0 Å². The van der Waals surface area contributed by atoms with E-state index < -0.39 is 0 Å². The van der Waals surface area contributed by atoms with Crippen LogP contribution >= 0.6 is 0 Å². The zero-order valence-electron chi connectivity index (χ0n) is 12.4. The number of hydrogen-bond acceptors (Lipinski definition) is 3. The Labute approximate surface area is 116 Å². The van der Waals surface area contributed by atoms with Gasteiger partial charge in [0.15, 0.2) is 0 Å². The Morgan fingerprint density at radius 3 is 2.05 bits per heavy atom. The molecule has 4 rings (SSSR count). The van der Waals surface area contributed by atoms with Crippen molar-refractivity contribution < 1.29 is 9.53 Å². The number of ether oxygens (including phenoxy) is 1. The number of hydrogen-bond donors (Lipinski definition) is 1. The monoisotopic (exact) mass is 265 g/mol. The number of nitrogens with one attached hydrogen (secondary N) is 1. The molecule has 0 amide bonds. The van der Waals surface area contributed by atoms with E-state index in [1.54, 1.807) is 0 Å². The van der Waals surface area contributed by atoms with Crippen LogP contribution in [0, 0.1) is 23.7 Å². The largest absolute Gasteiger partial charge is 0.459 e. The summed E-state index contributed by atoms with van der Waals surface area (Å²) >= 11 is 0. The smallest absolute Gasteiger partial charge is 0.320 e. The van der Waals surface area contributed by atoms with Gasteiger partial charge in [0.1, 0.15) is 5.60 Å². The number of carbonyl (C=O) groups is 1. The van der Waals surface area contributed by atoms with Crippen LogP contribution in [0.15, 0.2) is 0 Å². The topological polar surface area (TPSA) is 38.3 Å². The van der Waals surface area contributed by atoms with Gasteiger partial charge in [-0.25, -0.2) is 0 Å². The second-order valence-electron chi connectivity index (χ2n) is 7.92.